The molecule has 1 atom stereocenters. The summed E-state index contributed by atoms with van der Waals surface area (Å²) in [5.74, 6) is 0.252. The molecule has 1 heterocycles. The number of aliphatic imine (C=N–C) groups is 1. The minimum atomic E-state index is -3.53. The predicted octanol–water partition coefficient (Wildman–Crippen LogP) is 1.68. The summed E-state index contributed by atoms with van der Waals surface area (Å²) < 4.78 is 42.2. The molecule has 0 bridgehead atoms. The number of benzene rings is 1. The SMILES string of the molecule is CN=C(NCCNS(=O)(=O)c1ccn(C)c1)NC(C)c1ccc(C)c(F)c1. The molecular formula is C18H26FN5O2S. The molecule has 0 fully saturated rings. The van der Waals surface area contributed by atoms with Crippen LogP contribution < -0.4 is 15.4 Å². The van der Waals surface area contributed by atoms with Crippen molar-refractivity contribution in [2.75, 3.05) is 20.1 Å². The first-order valence-electron chi connectivity index (χ1n) is 8.58. The number of nitrogens with one attached hydrogen (secondary N) is 3. The van der Waals surface area contributed by atoms with Gasteiger partial charge in [0.15, 0.2) is 5.96 Å². The third kappa shape index (κ3) is 5.80. The molecule has 0 spiro atoms. The van der Waals surface area contributed by atoms with Crippen LogP contribution in [0.2, 0.25) is 0 Å². The standard InChI is InChI=1S/C18H26FN5O2S/c1-13-5-6-15(11-17(13)19)14(2)23-18(20-3)21-8-9-22-27(25,26)16-7-10-24(4)12-16/h5-7,10-12,14,22H,8-9H2,1-4H3,(H2,20,21,23). The van der Waals surface area contributed by atoms with Gasteiger partial charge in [-0.25, -0.2) is 17.5 Å². The second-order valence-corrected chi connectivity index (χ2v) is 8.05. The average Bonchev–Trinajstić information content (AvgIpc) is 3.07. The van der Waals surface area contributed by atoms with E-state index in [0.29, 0.717) is 18.1 Å². The van der Waals surface area contributed by atoms with Crippen molar-refractivity contribution in [2.24, 2.45) is 12.0 Å². The van der Waals surface area contributed by atoms with E-state index in [4.69, 9.17) is 0 Å². The molecule has 0 aliphatic rings. The number of hydrogen-bond acceptors (Lipinski definition) is 3. The van der Waals surface area contributed by atoms with E-state index in [9.17, 15) is 12.8 Å². The van der Waals surface area contributed by atoms with Crippen LogP contribution in [0.4, 0.5) is 4.39 Å². The van der Waals surface area contributed by atoms with Crippen LogP contribution in [0.5, 0.6) is 0 Å². The van der Waals surface area contributed by atoms with Gasteiger partial charge in [-0.2, -0.15) is 0 Å². The number of hydrogen-bond donors (Lipinski definition) is 3. The van der Waals surface area contributed by atoms with Crippen molar-refractivity contribution in [3.63, 3.8) is 0 Å². The van der Waals surface area contributed by atoms with Crippen molar-refractivity contribution < 1.29 is 12.8 Å². The Morgan fingerprint density at radius 1 is 1.30 bits per heavy atom. The number of sulfonamides is 1. The Hall–Kier alpha value is -2.39. The van der Waals surface area contributed by atoms with Crippen molar-refractivity contribution in [1.29, 1.82) is 0 Å². The molecule has 9 heteroatoms. The number of aryl methyl sites for hydroxylation is 2. The monoisotopic (exact) mass is 395 g/mol. The van der Waals surface area contributed by atoms with E-state index in [1.807, 2.05) is 13.0 Å². The second-order valence-electron chi connectivity index (χ2n) is 6.28. The Balaban J connectivity index is 1.84. The topological polar surface area (TPSA) is 87.5 Å². The Labute approximate surface area is 159 Å². The van der Waals surface area contributed by atoms with Gasteiger partial charge in [-0.15, -0.1) is 0 Å². The summed E-state index contributed by atoms with van der Waals surface area (Å²) >= 11 is 0. The molecule has 1 aromatic heterocycles. The van der Waals surface area contributed by atoms with Crippen LogP contribution in [0, 0.1) is 12.7 Å². The highest BCUT2D eigenvalue weighted by Gasteiger charge is 2.14. The molecule has 0 saturated heterocycles. The average molecular weight is 396 g/mol. The molecule has 0 amide bonds. The molecule has 2 aromatic rings. The van der Waals surface area contributed by atoms with E-state index in [2.05, 4.69) is 20.3 Å². The maximum absolute atomic E-state index is 13.7. The molecule has 1 unspecified atom stereocenters. The Morgan fingerprint density at radius 3 is 2.63 bits per heavy atom. The van der Waals surface area contributed by atoms with Gasteiger partial charge in [-0.05, 0) is 37.1 Å². The van der Waals surface area contributed by atoms with Crippen LogP contribution in [0.25, 0.3) is 0 Å². The number of nitrogens with zero attached hydrogens (tertiary/aromatic N) is 2. The molecule has 3 N–H and O–H groups in total. The minimum absolute atomic E-state index is 0.160. The lowest BCUT2D eigenvalue weighted by Gasteiger charge is -2.18. The lowest BCUT2D eigenvalue weighted by Crippen LogP contribution is -2.42. The van der Waals surface area contributed by atoms with Crippen LogP contribution in [0.1, 0.15) is 24.1 Å². The fourth-order valence-corrected chi connectivity index (χ4v) is 3.53. The summed E-state index contributed by atoms with van der Waals surface area (Å²) in [6, 6.07) is 6.47. The van der Waals surface area contributed by atoms with Crippen molar-refractivity contribution in [1.82, 2.24) is 19.9 Å². The maximum atomic E-state index is 13.7. The van der Waals surface area contributed by atoms with E-state index in [1.165, 1.54) is 6.07 Å². The van der Waals surface area contributed by atoms with Crippen molar-refractivity contribution in [2.45, 2.75) is 24.8 Å². The number of halogens is 1. The normalized spacial score (nSPS) is 13.4. The fourth-order valence-electron chi connectivity index (χ4n) is 2.45. The summed E-state index contributed by atoms with van der Waals surface area (Å²) in [6.07, 6.45) is 3.21. The fraction of sp³-hybridized carbons (Fsp3) is 0.389. The van der Waals surface area contributed by atoms with Crippen LogP contribution >= 0.6 is 0 Å². The zero-order valence-corrected chi connectivity index (χ0v) is 16.8. The van der Waals surface area contributed by atoms with Crippen LogP contribution in [-0.2, 0) is 17.1 Å². The summed E-state index contributed by atoms with van der Waals surface area (Å²) in [5, 5.41) is 6.19. The molecule has 148 valence electrons. The molecule has 1 aromatic carbocycles. The summed E-state index contributed by atoms with van der Waals surface area (Å²) in [6.45, 7) is 4.16. The van der Waals surface area contributed by atoms with Gasteiger partial charge in [0.05, 0.1) is 10.9 Å². The van der Waals surface area contributed by atoms with Crippen molar-refractivity contribution in [3.8, 4) is 0 Å². The molecule has 7 nitrogen and oxygen atoms in total. The largest absolute Gasteiger partial charge is 0.356 e. The van der Waals surface area contributed by atoms with Gasteiger partial charge in [-0.1, -0.05) is 12.1 Å². The molecule has 0 aliphatic carbocycles. The van der Waals surface area contributed by atoms with Crippen molar-refractivity contribution >= 4 is 16.0 Å². The third-order valence-corrected chi connectivity index (χ3v) is 5.54. The first-order chi connectivity index (χ1) is 12.7. The van der Waals surface area contributed by atoms with E-state index in [-0.39, 0.29) is 23.3 Å². The molecule has 2 rings (SSSR count). The number of rotatable bonds is 7. The van der Waals surface area contributed by atoms with Gasteiger partial charge in [0.2, 0.25) is 10.0 Å². The van der Waals surface area contributed by atoms with E-state index >= 15 is 0 Å². The lowest BCUT2D eigenvalue weighted by atomic mass is 10.1. The van der Waals surface area contributed by atoms with E-state index < -0.39 is 10.0 Å². The van der Waals surface area contributed by atoms with Crippen LogP contribution in [0.15, 0.2) is 46.5 Å². The van der Waals surface area contributed by atoms with Crippen LogP contribution in [-0.4, -0.2) is 39.1 Å². The van der Waals surface area contributed by atoms with Gasteiger partial charge in [0.1, 0.15) is 5.82 Å². The maximum Gasteiger partial charge on any atom is 0.242 e. The van der Waals surface area contributed by atoms with E-state index in [1.54, 1.807) is 50.1 Å². The molecule has 27 heavy (non-hydrogen) atoms. The highest BCUT2D eigenvalue weighted by molar-refractivity contribution is 7.89. The van der Waals surface area contributed by atoms with Gasteiger partial charge < -0.3 is 15.2 Å². The predicted molar refractivity (Wildman–Crippen MR) is 105 cm³/mol. The molecule has 0 saturated carbocycles. The Bertz CT molecular complexity index is 908. The van der Waals surface area contributed by atoms with Gasteiger partial charge in [-0.3, -0.25) is 4.99 Å². The minimum Gasteiger partial charge on any atom is -0.356 e. The van der Waals surface area contributed by atoms with Crippen molar-refractivity contribution in [3.05, 3.63) is 53.6 Å². The number of aromatic nitrogens is 1. The highest BCUT2D eigenvalue weighted by Crippen LogP contribution is 2.16. The molecule has 0 radical (unpaired) electrons. The lowest BCUT2D eigenvalue weighted by molar-refractivity contribution is 0.579. The Morgan fingerprint density at radius 2 is 2.04 bits per heavy atom. The highest BCUT2D eigenvalue weighted by atomic mass is 32.2. The first kappa shape index (κ1) is 20.9. The smallest absolute Gasteiger partial charge is 0.242 e. The second kappa shape index (κ2) is 9.01. The quantitative estimate of drug-likeness (QED) is 0.378. The third-order valence-electron chi connectivity index (χ3n) is 4.10. The first-order valence-corrected chi connectivity index (χ1v) is 10.1. The summed E-state index contributed by atoms with van der Waals surface area (Å²) in [7, 11) is -0.154. The molecule has 0 aliphatic heterocycles. The van der Waals surface area contributed by atoms with Gasteiger partial charge in [0, 0.05) is 39.6 Å². The van der Waals surface area contributed by atoms with Crippen LogP contribution in [0.3, 0.4) is 0 Å². The summed E-state index contributed by atoms with van der Waals surface area (Å²) in [4.78, 5) is 4.33. The summed E-state index contributed by atoms with van der Waals surface area (Å²) in [5.41, 5.74) is 1.39. The zero-order chi connectivity index (χ0) is 20.0. The zero-order valence-electron chi connectivity index (χ0n) is 16.0. The Kier molecular flexibility index (Phi) is 6.98. The molecular weight excluding hydrogens is 369 g/mol. The van der Waals surface area contributed by atoms with Gasteiger partial charge in [0.25, 0.3) is 0 Å². The number of guanidine groups is 1. The van der Waals surface area contributed by atoms with Gasteiger partial charge >= 0.3 is 0 Å². The van der Waals surface area contributed by atoms with E-state index in [0.717, 1.165) is 5.56 Å².